The highest BCUT2D eigenvalue weighted by molar-refractivity contribution is 9.10. The summed E-state index contributed by atoms with van der Waals surface area (Å²) in [6.07, 6.45) is 0.967. The molecule has 3 N–H and O–H groups in total. The summed E-state index contributed by atoms with van der Waals surface area (Å²) in [5.41, 5.74) is 0.205. The molecule has 1 atom stereocenters. The van der Waals surface area contributed by atoms with E-state index in [1.807, 2.05) is 6.92 Å². The van der Waals surface area contributed by atoms with E-state index in [0.717, 1.165) is 6.42 Å². The van der Waals surface area contributed by atoms with Crippen LogP contribution in [-0.2, 0) is 0 Å². The van der Waals surface area contributed by atoms with E-state index < -0.39 is 6.10 Å². The van der Waals surface area contributed by atoms with Gasteiger partial charge in [-0.05, 0) is 24.6 Å². The molecule has 0 saturated heterocycles. The molecule has 0 aliphatic heterocycles. The van der Waals surface area contributed by atoms with Crippen molar-refractivity contribution in [1.82, 2.24) is 5.32 Å². The highest BCUT2D eigenvalue weighted by atomic mass is 79.9. The summed E-state index contributed by atoms with van der Waals surface area (Å²) in [4.78, 5) is 11.7. The number of carbonyl (C=O) groups excluding carboxylic acids is 1. The van der Waals surface area contributed by atoms with E-state index in [9.17, 15) is 15.0 Å². The van der Waals surface area contributed by atoms with Gasteiger partial charge in [-0.25, -0.2) is 0 Å². The number of phenols is 1. The number of amides is 1. The smallest absolute Gasteiger partial charge is 0.255 e. The van der Waals surface area contributed by atoms with Crippen LogP contribution in [0.25, 0.3) is 0 Å². The fourth-order valence-corrected chi connectivity index (χ4v) is 1.79. The molecule has 0 aliphatic carbocycles. The van der Waals surface area contributed by atoms with Gasteiger partial charge in [0.05, 0.1) is 11.7 Å². The SMILES string of the molecule is CCCC(O)CNC(=O)c1ccc(Br)cc1O. The van der Waals surface area contributed by atoms with Crippen molar-refractivity contribution in [2.45, 2.75) is 25.9 Å². The Kier molecular flexibility index (Phi) is 5.44. The van der Waals surface area contributed by atoms with Crippen LogP contribution in [0.3, 0.4) is 0 Å². The molecule has 0 heterocycles. The van der Waals surface area contributed by atoms with Crippen molar-refractivity contribution in [2.75, 3.05) is 6.54 Å². The van der Waals surface area contributed by atoms with Crippen LogP contribution in [0.2, 0.25) is 0 Å². The Morgan fingerprint density at radius 3 is 2.82 bits per heavy atom. The van der Waals surface area contributed by atoms with E-state index in [1.54, 1.807) is 6.07 Å². The molecule has 0 aromatic heterocycles. The van der Waals surface area contributed by atoms with Gasteiger partial charge in [0.25, 0.3) is 5.91 Å². The van der Waals surface area contributed by atoms with Gasteiger partial charge < -0.3 is 15.5 Å². The highest BCUT2D eigenvalue weighted by Gasteiger charge is 2.12. The Labute approximate surface area is 109 Å². The maximum atomic E-state index is 11.7. The molecule has 0 aliphatic rings. The van der Waals surface area contributed by atoms with E-state index in [2.05, 4.69) is 21.2 Å². The Hall–Kier alpha value is -1.07. The third-order valence-corrected chi connectivity index (χ3v) is 2.82. The van der Waals surface area contributed by atoms with Crippen molar-refractivity contribution < 1.29 is 15.0 Å². The third-order valence-electron chi connectivity index (χ3n) is 2.32. The van der Waals surface area contributed by atoms with Gasteiger partial charge in [-0.3, -0.25) is 4.79 Å². The van der Waals surface area contributed by atoms with Crippen LogP contribution < -0.4 is 5.32 Å². The van der Waals surface area contributed by atoms with E-state index >= 15 is 0 Å². The summed E-state index contributed by atoms with van der Waals surface area (Å²) >= 11 is 3.20. The first-order chi connectivity index (χ1) is 8.04. The first-order valence-electron chi connectivity index (χ1n) is 5.49. The standard InChI is InChI=1S/C12H16BrNO3/c1-2-3-9(15)7-14-12(17)10-5-4-8(13)6-11(10)16/h4-6,9,15-16H,2-3,7H2,1H3,(H,14,17). The number of halogens is 1. The molecule has 4 nitrogen and oxygen atoms in total. The van der Waals surface area contributed by atoms with Gasteiger partial charge in [0.1, 0.15) is 5.75 Å². The van der Waals surface area contributed by atoms with Crippen molar-refractivity contribution in [3.05, 3.63) is 28.2 Å². The van der Waals surface area contributed by atoms with Gasteiger partial charge in [0.15, 0.2) is 0 Å². The zero-order valence-electron chi connectivity index (χ0n) is 9.61. The maximum Gasteiger partial charge on any atom is 0.255 e. The second-order valence-electron chi connectivity index (χ2n) is 3.81. The average Bonchev–Trinajstić information content (AvgIpc) is 2.26. The molecule has 1 unspecified atom stereocenters. The lowest BCUT2D eigenvalue weighted by Crippen LogP contribution is -2.32. The molecule has 0 spiro atoms. The number of aliphatic hydroxyl groups excluding tert-OH is 1. The van der Waals surface area contributed by atoms with Crippen LogP contribution in [0, 0.1) is 0 Å². The van der Waals surface area contributed by atoms with Gasteiger partial charge in [-0.1, -0.05) is 29.3 Å². The van der Waals surface area contributed by atoms with Crippen LogP contribution in [-0.4, -0.2) is 28.8 Å². The van der Waals surface area contributed by atoms with E-state index in [-0.39, 0.29) is 23.8 Å². The zero-order valence-corrected chi connectivity index (χ0v) is 11.2. The second kappa shape index (κ2) is 6.61. The summed E-state index contributed by atoms with van der Waals surface area (Å²) in [7, 11) is 0. The number of hydrogen-bond acceptors (Lipinski definition) is 3. The molecule has 0 bridgehead atoms. The van der Waals surface area contributed by atoms with Crippen molar-refractivity contribution >= 4 is 21.8 Å². The minimum atomic E-state index is -0.540. The molecular weight excluding hydrogens is 286 g/mol. The van der Waals surface area contributed by atoms with Crippen molar-refractivity contribution in [3.63, 3.8) is 0 Å². The average molecular weight is 302 g/mol. The van der Waals surface area contributed by atoms with Gasteiger partial charge in [0.2, 0.25) is 0 Å². The Balaban J connectivity index is 2.58. The lowest BCUT2D eigenvalue weighted by atomic mass is 10.1. The van der Waals surface area contributed by atoms with Gasteiger partial charge >= 0.3 is 0 Å². The number of nitrogens with one attached hydrogen (secondary N) is 1. The number of aromatic hydroxyl groups is 1. The lowest BCUT2D eigenvalue weighted by molar-refractivity contribution is 0.0907. The minimum absolute atomic E-state index is 0.0816. The van der Waals surface area contributed by atoms with Crippen LogP contribution >= 0.6 is 15.9 Å². The molecule has 0 fully saturated rings. The molecule has 17 heavy (non-hydrogen) atoms. The molecular formula is C12H16BrNO3. The first-order valence-corrected chi connectivity index (χ1v) is 6.28. The van der Waals surface area contributed by atoms with Crippen LogP contribution in [0.15, 0.2) is 22.7 Å². The molecule has 0 radical (unpaired) electrons. The van der Waals surface area contributed by atoms with Crippen molar-refractivity contribution in [1.29, 1.82) is 0 Å². The summed E-state index contributed by atoms with van der Waals surface area (Å²) in [5, 5.41) is 21.6. The lowest BCUT2D eigenvalue weighted by Gasteiger charge is -2.11. The molecule has 1 amide bonds. The Morgan fingerprint density at radius 2 is 2.24 bits per heavy atom. The van der Waals surface area contributed by atoms with E-state index in [4.69, 9.17) is 0 Å². The summed E-state index contributed by atoms with van der Waals surface area (Å²) in [5.74, 6) is -0.466. The summed E-state index contributed by atoms with van der Waals surface area (Å²) in [6, 6.07) is 4.66. The second-order valence-corrected chi connectivity index (χ2v) is 4.73. The Morgan fingerprint density at radius 1 is 1.53 bits per heavy atom. The van der Waals surface area contributed by atoms with Crippen molar-refractivity contribution in [3.8, 4) is 5.75 Å². The van der Waals surface area contributed by atoms with E-state index in [1.165, 1.54) is 12.1 Å². The molecule has 94 valence electrons. The van der Waals surface area contributed by atoms with Gasteiger partial charge in [-0.15, -0.1) is 0 Å². The van der Waals surface area contributed by atoms with Crippen molar-refractivity contribution in [2.24, 2.45) is 0 Å². The monoisotopic (exact) mass is 301 g/mol. The number of hydrogen-bond donors (Lipinski definition) is 3. The minimum Gasteiger partial charge on any atom is -0.507 e. The normalized spacial score (nSPS) is 12.2. The molecule has 1 aromatic carbocycles. The maximum absolute atomic E-state index is 11.7. The van der Waals surface area contributed by atoms with Gasteiger partial charge in [0, 0.05) is 11.0 Å². The van der Waals surface area contributed by atoms with Gasteiger partial charge in [-0.2, -0.15) is 0 Å². The van der Waals surface area contributed by atoms with Crippen LogP contribution in [0.5, 0.6) is 5.75 Å². The number of carbonyl (C=O) groups is 1. The Bertz CT molecular complexity index is 395. The molecule has 1 aromatic rings. The highest BCUT2D eigenvalue weighted by Crippen LogP contribution is 2.21. The molecule has 1 rings (SSSR count). The number of benzene rings is 1. The largest absolute Gasteiger partial charge is 0.507 e. The predicted molar refractivity (Wildman–Crippen MR) is 69.1 cm³/mol. The summed E-state index contributed by atoms with van der Waals surface area (Å²) in [6.45, 7) is 2.16. The molecule has 0 saturated carbocycles. The quantitative estimate of drug-likeness (QED) is 0.779. The van der Waals surface area contributed by atoms with Crippen LogP contribution in [0.1, 0.15) is 30.1 Å². The van der Waals surface area contributed by atoms with E-state index in [0.29, 0.717) is 10.9 Å². The molecule has 5 heteroatoms. The zero-order chi connectivity index (χ0) is 12.8. The van der Waals surface area contributed by atoms with Crippen LogP contribution in [0.4, 0.5) is 0 Å². The fourth-order valence-electron chi connectivity index (χ4n) is 1.44. The number of phenolic OH excluding ortho intramolecular Hbond substituents is 1. The predicted octanol–water partition coefficient (Wildman–Crippen LogP) is 2.05. The topological polar surface area (TPSA) is 69.6 Å². The number of aliphatic hydroxyl groups is 1. The third kappa shape index (κ3) is 4.36. The number of rotatable bonds is 5. The summed E-state index contributed by atoms with van der Waals surface area (Å²) < 4.78 is 0.706. The first kappa shape index (κ1) is 14.0. The fraction of sp³-hybridized carbons (Fsp3) is 0.417.